The van der Waals surface area contributed by atoms with Crippen LogP contribution in [-0.4, -0.2) is 70.3 Å². The predicted molar refractivity (Wildman–Crippen MR) is 107 cm³/mol. The van der Waals surface area contributed by atoms with Crippen LogP contribution in [0.2, 0.25) is 5.02 Å². The predicted octanol–water partition coefficient (Wildman–Crippen LogP) is 1.63. The summed E-state index contributed by atoms with van der Waals surface area (Å²) in [4.78, 5) is 14.4. The fourth-order valence-corrected chi connectivity index (χ4v) is 4.21. The van der Waals surface area contributed by atoms with Gasteiger partial charge in [-0.15, -0.1) is 12.4 Å². The number of benzene rings is 1. The Morgan fingerprint density at radius 2 is 2.08 bits per heavy atom. The lowest BCUT2D eigenvalue weighted by molar-refractivity contribution is -0.117. The molecule has 26 heavy (non-hydrogen) atoms. The first-order valence-corrected chi connectivity index (χ1v) is 9.97. The standard InChI is InChI=1S/C16H25ClN4O3S.ClH/c1-18-13-5-4-8-21(10-13)11-16(22)19-12-6-7-14(17)15(9-12)25(23,24)20(2)3;/h6-7,9,13,18H,4-5,8,10-11H2,1-3H3,(H,19,22);1H. The number of rotatable bonds is 6. The van der Waals surface area contributed by atoms with Crippen molar-refractivity contribution in [2.75, 3.05) is 46.1 Å². The van der Waals surface area contributed by atoms with E-state index in [0.29, 0.717) is 11.7 Å². The summed E-state index contributed by atoms with van der Waals surface area (Å²) in [5.74, 6) is -0.174. The van der Waals surface area contributed by atoms with Crippen molar-refractivity contribution in [3.8, 4) is 0 Å². The highest BCUT2D eigenvalue weighted by molar-refractivity contribution is 7.89. The highest BCUT2D eigenvalue weighted by atomic mass is 35.5. The summed E-state index contributed by atoms with van der Waals surface area (Å²) in [5, 5.41) is 6.12. The van der Waals surface area contributed by atoms with Crippen LogP contribution in [0.1, 0.15) is 12.8 Å². The largest absolute Gasteiger partial charge is 0.325 e. The molecule has 2 N–H and O–H groups in total. The zero-order valence-corrected chi connectivity index (χ0v) is 17.5. The third-order valence-corrected chi connectivity index (χ3v) is 6.55. The maximum absolute atomic E-state index is 12.3. The van der Waals surface area contributed by atoms with Crippen LogP contribution in [0, 0.1) is 0 Å². The summed E-state index contributed by atoms with van der Waals surface area (Å²) in [6, 6.07) is 4.86. The van der Waals surface area contributed by atoms with Crippen LogP contribution in [0.25, 0.3) is 0 Å². The molecule has 1 saturated heterocycles. The number of nitrogens with one attached hydrogen (secondary N) is 2. The summed E-state index contributed by atoms with van der Waals surface area (Å²) in [6.45, 7) is 1.98. The van der Waals surface area contributed by atoms with Crippen molar-refractivity contribution in [2.45, 2.75) is 23.8 Å². The van der Waals surface area contributed by atoms with Crippen LogP contribution < -0.4 is 10.6 Å². The zero-order valence-electron chi connectivity index (χ0n) is 15.2. The number of nitrogens with zero attached hydrogens (tertiary/aromatic N) is 2. The van der Waals surface area contributed by atoms with Gasteiger partial charge in [0.05, 0.1) is 11.6 Å². The number of halogens is 2. The van der Waals surface area contributed by atoms with Crippen LogP contribution >= 0.6 is 24.0 Å². The number of carbonyl (C=O) groups is 1. The monoisotopic (exact) mass is 424 g/mol. The van der Waals surface area contributed by atoms with E-state index in [0.717, 1.165) is 30.2 Å². The van der Waals surface area contributed by atoms with Gasteiger partial charge in [-0.1, -0.05) is 11.6 Å². The highest BCUT2D eigenvalue weighted by Crippen LogP contribution is 2.26. The molecular formula is C16H26Cl2N4O3S. The third-order valence-electron chi connectivity index (χ3n) is 4.25. The van der Waals surface area contributed by atoms with Crippen molar-refractivity contribution in [3.05, 3.63) is 23.2 Å². The number of anilines is 1. The molecule has 7 nitrogen and oxygen atoms in total. The minimum atomic E-state index is -3.67. The van der Waals surface area contributed by atoms with E-state index in [2.05, 4.69) is 15.5 Å². The fraction of sp³-hybridized carbons (Fsp3) is 0.562. The van der Waals surface area contributed by atoms with Crippen LogP contribution in [0.15, 0.2) is 23.1 Å². The molecule has 0 radical (unpaired) electrons. The van der Waals surface area contributed by atoms with Crippen LogP contribution in [0.4, 0.5) is 5.69 Å². The third kappa shape index (κ3) is 5.80. The van der Waals surface area contributed by atoms with Crippen LogP contribution in [-0.2, 0) is 14.8 Å². The Kier molecular flexibility index (Phi) is 8.78. The summed E-state index contributed by atoms with van der Waals surface area (Å²) < 4.78 is 25.7. The average Bonchev–Trinajstić information content (AvgIpc) is 2.56. The van der Waals surface area contributed by atoms with Crippen LogP contribution in [0.5, 0.6) is 0 Å². The zero-order chi connectivity index (χ0) is 18.6. The molecule has 1 aromatic rings. The Morgan fingerprint density at radius 1 is 1.38 bits per heavy atom. The second-order valence-electron chi connectivity index (χ2n) is 6.34. The van der Waals surface area contributed by atoms with E-state index in [1.54, 1.807) is 6.07 Å². The molecule has 1 amide bonds. The molecule has 1 fully saturated rings. The van der Waals surface area contributed by atoms with E-state index in [9.17, 15) is 13.2 Å². The average molecular weight is 425 g/mol. The normalized spacial score (nSPS) is 18.4. The minimum absolute atomic E-state index is 0. The lowest BCUT2D eigenvalue weighted by Gasteiger charge is -2.31. The summed E-state index contributed by atoms with van der Waals surface area (Å²) in [5.41, 5.74) is 0.414. The number of hydrogen-bond donors (Lipinski definition) is 2. The Balaban J connectivity index is 0.00000338. The first-order chi connectivity index (χ1) is 11.7. The lowest BCUT2D eigenvalue weighted by Crippen LogP contribution is -2.46. The minimum Gasteiger partial charge on any atom is -0.325 e. The molecule has 0 aliphatic carbocycles. The van der Waals surface area contributed by atoms with Gasteiger partial charge in [0.25, 0.3) is 0 Å². The molecule has 0 saturated carbocycles. The Morgan fingerprint density at radius 3 is 2.69 bits per heavy atom. The number of likely N-dealkylation sites (N-methyl/N-ethyl adjacent to an activating group) is 1. The van der Waals surface area contributed by atoms with Crippen LogP contribution in [0.3, 0.4) is 0 Å². The molecule has 10 heteroatoms. The van der Waals surface area contributed by atoms with Crippen molar-refractivity contribution in [1.82, 2.24) is 14.5 Å². The van der Waals surface area contributed by atoms with Gasteiger partial charge in [-0.25, -0.2) is 12.7 Å². The van der Waals surface area contributed by atoms with E-state index in [4.69, 9.17) is 11.6 Å². The van der Waals surface area contributed by atoms with Crippen molar-refractivity contribution in [1.29, 1.82) is 0 Å². The Hall–Kier alpha value is -0.900. The summed E-state index contributed by atoms with van der Waals surface area (Å²) >= 11 is 6.02. The fourth-order valence-electron chi connectivity index (χ4n) is 2.81. The van der Waals surface area contributed by atoms with Crippen molar-refractivity contribution >= 4 is 45.6 Å². The van der Waals surface area contributed by atoms with Gasteiger partial charge >= 0.3 is 0 Å². The molecule has 0 spiro atoms. The smallest absolute Gasteiger partial charge is 0.244 e. The van der Waals surface area contributed by atoms with E-state index in [-0.39, 0.29) is 34.8 Å². The number of sulfonamides is 1. The van der Waals surface area contributed by atoms with Gasteiger partial charge < -0.3 is 10.6 Å². The van der Waals surface area contributed by atoms with Gasteiger partial charge in [0.2, 0.25) is 15.9 Å². The van der Waals surface area contributed by atoms with Crippen molar-refractivity contribution in [3.63, 3.8) is 0 Å². The molecule has 0 aromatic heterocycles. The second kappa shape index (κ2) is 9.87. The molecule has 1 aliphatic heterocycles. The highest BCUT2D eigenvalue weighted by Gasteiger charge is 2.23. The molecular weight excluding hydrogens is 399 g/mol. The first-order valence-electron chi connectivity index (χ1n) is 8.15. The van der Waals surface area contributed by atoms with Gasteiger partial charge in [0, 0.05) is 32.4 Å². The maximum atomic E-state index is 12.3. The van der Waals surface area contributed by atoms with Gasteiger partial charge in [0.15, 0.2) is 0 Å². The number of hydrogen-bond acceptors (Lipinski definition) is 5. The van der Waals surface area contributed by atoms with Gasteiger partial charge in [-0.05, 0) is 44.6 Å². The SMILES string of the molecule is CNC1CCCN(CC(=O)Nc2ccc(Cl)c(S(=O)(=O)N(C)C)c2)C1.Cl. The molecule has 1 atom stereocenters. The van der Waals surface area contributed by atoms with E-state index < -0.39 is 10.0 Å². The maximum Gasteiger partial charge on any atom is 0.244 e. The molecule has 1 heterocycles. The first kappa shape index (κ1) is 23.1. The van der Waals surface area contributed by atoms with E-state index in [1.165, 1.54) is 26.2 Å². The number of likely N-dealkylation sites (tertiary alicyclic amines) is 1. The van der Waals surface area contributed by atoms with Crippen molar-refractivity contribution in [2.24, 2.45) is 0 Å². The number of amides is 1. The van der Waals surface area contributed by atoms with E-state index >= 15 is 0 Å². The molecule has 1 unspecified atom stereocenters. The molecule has 0 bridgehead atoms. The van der Waals surface area contributed by atoms with E-state index in [1.807, 2.05) is 7.05 Å². The quantitative estimate of drug-likeness (QED) is 0.724. The molecule has 2 rings (SSSR count). The molecule has 1 aliphatic rings. The molecule has 148 valence electrons. The second-order valence-corrected chi connectivity index (χ2v) is 8.87. The topological polar surface area (TPSA) is 81.8 Å². The Labute approximate surface area is 166 Å². The van der Waals surface area contributed by atoms with Gasteiger partial charge in [-0.2, -0.15) is 0 Å². The number of piperidine rings is 1. The van der Waals surface area contributed by atoms with Crippen molar-refractivity contribution < 1.29 is 13.2 Å². The summed E-state index contributed by atoms with van der Waals surface area (Å²) in [6.07, 6.45) is 2.16. The summed E-state index contributed by atoms with van der Waals surface area (Å²) in [7, 11) is 1.12. The Bertz CT molecular complexity index is 728. The number of carbonyl (C=O) groups excluding carboxylic acids is 1. The molecule has 1 aromatic carbocycles. The van der Waals surface area contributed by atoms with Gasteiger partial charge in [-0.3, -0.25) is 9.69 Å². The van der Waals surface area contributed by atoms with Gasteiger partial charge in [0.1, 0.15) is 4.90 Å². The lowest BCUT2D eigenvalue weighted by atomic mass is 10.1.